The second-order valence-electron chi connectivity index (χ2n) is 5.66. The van der Waals surface area contributed by atoms with Gasteiger partial charge in [-0.05, 0) is 0 Å². The summed E-state index contributed by atoms with van der Waals surface area (Å²) in [7, 11) is 0. The molecule has 0 bridgehead atoms. The molecule has 2 aromatic rings. The van der Waals surface area contributed by atoms with Crippen LogP contribution in [0.4, 0.5) is 10.5 Å². The van der Waals surface area contributed by atoms with Crippen LogP contribution in [0.3, 0.4) is 0 Å². The Morgan fingerprint density at radius 3 is 2.36 bits per heavy atom. The number of carbonyl (C=O) groups is 3. The number of nitrogens with two attached hydrogens (primary N) is 1. The number of fused-ring (bicyclic) bond motifs is 2. The van der Waals surface area contributed by atoms with Gasteiger partial charge in [0.15, 0.2) is 18.2 Å². The second kappa shape index (κ2) is 7.67. The molecule has 0 fully saturated rings. The maximum absolute atomic E-state index is 12.8. The van der Waals surface area contributed by atoms with Gasteiger partial charge in [-0.15, -0.1) is 0 Å². The summed E-state index contributed by atoms with van der Waals surface area (Å²) in [6.45, 7) is -0.830. The Bertz CT molecular complexity index is 1020. The number of phenols is 1. The van der Waals surface area contributed by atoms with Gasteiger partial charge in [0.1, 0.15) is 30.8 Å². The zero-order chi connectivity index (χ0) is 20.3. The number of anilines is 1. The summed E-state index contributed by atoms with van der Waals surface area (Å²) in [6.07, 6.45) is -1.04. The van der Waals surface area contributed by atoms with E-state index in [-0.39, 0.29) is 46.9 Å². The summed E-state index contributed by atoms with van der Waals surface area (Å²) in [4.78, 5) is 36.6. The fraction of sp³-hybridized carbons (Fsp3) is 0.158. The molecule has 0 spiro atoms. The highest BCUT2D eigenvalue weighted by Crippen LogP contribution is 2.41. The minimum absolute atomic E-state index is 0.0363. The highest BCUT2D eigenvalue weighted by molar-refractivity contribution is 6.31. The van der Waals surface area contributed by atoms with Gasteiger partial charge in [-0.1, -0.05) is 24.3 Å². The number of nitrogens with zero attached hydrogens (tertiary/aromatic N) is 1. The van der Waals surface area contributed by atoms with Crippen molar-refractivity contribution in [2.24, 2.45) is 0 Å². The molecule has 9 nitrogen and oxygen atoms in total. The molecule has 0 aromatic heterocycles. The van der Waals surface area contributed by atoms with Crippen molar-refractivity contribution in [2.75, 3.05) is 25.6 Å². The molecule has 0 unspecified atom stereocenters. The minimum atomic E-state index is -1.04. The summed E-state index contributed by atoms with van der Waals surface area (Å²) in [5, 5.41) is 18.6. The number of rotatable bonds is 5. The SMILES string of the molecule is N#CCOC(=O)OCCOc1cc(O)c2c(c1N)C(=O)c1ccccc1C2=O. The summed E-state index contributed by atoms with van der Waals surface area (Å²) >= 11 is 0. The molecule has 2 aromatic carbocycles. The lowest BCUT2D eigenvalue weighted by Gasteiger charge is -2.21. The monoisotopic (exact) mass is 382 g/mol. The van der Waals surface area contributed by atoms with Crippen LogP contribution >= 0.6 is 0 Å². The fourth-order valence-corrected chi connectivity index (χ4v) is 2.80. The van der Waals surface area contributed by atoms with Crippen LogP contribution < -0.4 is 10.5 Å². The average Bonchev–Trinajstić information content (AvgIpc) is 2.69. The van der Waals surface area contributed by atoms with Crippen LogP contribution in [0.5, 0.6) is 11.5 Å². The number of benzene rings is 2. The molecule has 0 saturated carbocycles. The third kappa shape index (κ3) is 3.31. The second-order valence-corrected chi connectivity index (χ2v) is 5.66. The van der Waals surface area contributed by atoms with Gasteiger partial charge < -0.3 is 25.1 Å². The Balaban J connectivity index is 1.81. The predicted molar refractivity (Wildman–Crippen MR) is 94.2 cm³/mol. The van der Waals surface area contributed by atoms with Crippen LogP contribution in [-0.4, -0.2) is 42.6 Å². The molecule has 3 rings (SSSR count). The number of carbonyl (C=O) groups excluding carboxylic acids is 3. The van der Waals surface area contributed by atoms with Gasteiger partial charge in [0.2, 0.25) is 0 Å². The standard InChI is InChI=1S/C19H14N2O7/c20-5-6-27-19(25)28-8-7-26-13-9-12(22)14-15(16(13)21)18(24)11-4-2-1-3-10(11)17(14)23/h1-4,9,22H,6-8,21H2. The number of nitriles is 1. The van der Waals surface area contributed by atoms with Crippen molar-refractivity contribution in [2.45, 2.75) is 0 Å². The maximum atomic E-state index is 12.8. The average molecular weight is 382 g/mol. The number of ketones is 2. The van der Waals surface area contributed by atoms with Crippen molar-refractivity contribution in [3.05, 3.63) is 52.6 Å². The topological polar surface area (TPSA) is 149 Å². The number of nitrogen functional groups attached to an aromatic ring is 1. The van der Waals surface area contributed by atoms with Crippen molar-refractivity contribution in [3.63, 3.8) is 0 Å². The lowest BCUT2D eigenvalue weighted by molar-refractivity contribution is 0.0541. The molecule has 0 heterocycles. The van der Waals surface area contributed by atoms with Gasteiger partial charge in [0, 0.05) is 17.2 Å². The smallest absolute Gasteiger partial charge is 0.507 e. The van der Waals surface area contributed by atoms with Crippen molar-refractivity contribution in [1.82, 2.24) is 0 Å². The van der Waals surface area contributed by atoms with Crippen LogP contribution in [-0.2, 0) is 9.47 Å². The van der Waals surface area contributed by atoms with Gasteiger partial charge >= 0.3 is 6.16 Å². The van der Waals surface area contributed by atoms with Crippen LogP contribution in [0.2, 0.25) is 0 Å². The van der Waals surface area contributed by atoms with Gasteiger partial charge in [-0.3, -0.25) is 9.59 Å². The highest BCUT2D eigenvalue weighted by atomic mass is 16.7. The molecule has 28 heavy (non-hydrogen) atoms. The van der Waals surface area contributed by atoms with Crippen molar-refractivity contribution >= 4 is 23.4 Å². The summed E-state index contributed by atoms with van der Waals surface area (Å²) in [5.41, 5.74) is 5.98. The van der Waals surface area contributed by atoms with Crippen molar-refractivity contribution in [1.29, 1.82) is 5.26 Å². The molecule has 0 atom stereocenters. The Morgan fingerprint density at radius 2 is 1.71 bits per heavy atom. The van der Waals surface area contributed by atoms with Crippen molar-refractivity contribution < 1.29 is 33.7 Å². The quantitative estimate of drug-likeness (QED) is 0.291. The van der Waals surface area contributed by atoms with Crippen molar-refractivity contribution in [3.8, 4) is 17.6 Å². The van der Waals surface area contributed by atoms with E-state index in [1.54, 1.807) is 18.2 Å². The van der Waals surface area contributed by atoms with E-state index in [9.17, 15) is 19.5 Å². The van der Waals surface area contributed by atoms with E-state index < -0.39 is 30.1 Å². The molecule has 142 valence electrons. The summed E-state index contributed by atoms with van der Waals surface area (Å²) < 4.78 is 14.4. The van der Waals surface area contributed by atoms with E-state index >= 15 is 0 Å². The number of hydrogen-bond acceptors (Lipinski definition) is 9. The normalized spacial score (nSPS) is 11.8. The van der Waals surface area contributed by atoms with Crippen LogP contribution in [0.25, 0.3) is 0 Å². The number of aromatic hydroxyl groups is 1. The van der Waals surface area contributed by atoms with E-state index in [1.807, 2.05) is 0 Å². The fourth-order valence-electron chi connectivity index (χ4n) is 2.80. The Labute approximate surface area is 158 Å². The van der Waals surface area contributed by atoms with Crippen LogP contribution in [0.1, 0.15) is 31.8 Å². The molecule has 1 aliphatic rings. The van der Waals surface area contributed by atoms with Gasteiger partial charge in [0.05, 0.1) is 16.8 Å². The molecule has 1 aliphatic carbocycles. The van der Waals surface area contributed by atoms with E-state index in [0.29, 0.717) is 0 Å². The number of hydrogen-bond donors (Lipinski definition) is 2. The predicted octanol–water partition coefficient (Wildman–Crippen LogP) is 1.81. The van der Waals surface area contributed by atoms with Gasteiger partial charge in [-0.25, -0.2) is 4.79 Å². The Kier molecular flexibility index (Phi) is 5.13. The number of phenolic OH excluding ortho intramolecular Hbond substituents is 1. The van der Waals surface area contributed by atoms with E-state index in [2.05, 4.69) is 9.47 Å². The largest absolute Gasteiger partial charge is 0.509 e. The first-order valence-electron chi connectivity index (χ1n) is 8.08. The lowest BCUT2D eigenvalue weighted by atomic mass is 9.82. The van der Waals surface area contributed by atoms with Crippen LogP contribution in [0.15, 0.2) is 30.3 Å². The zero-order valence-electron chi connectivity index (χ0n) is 14.4. The molecule has 0 amide bonds. The zero-order valence-corrected chi connectivity index (χ0v) is 14.4. The maximum Gasteiger partial charge on any atom is 0.509 e. The minimum Gasteiger partial charge on any atom is -0.507 e. The van der Waals surface area contributed by atoms with Gasteiger partial charge in [-0.2, -0.15) is 5.26 Å². The molecule has 9 heteroatoms. The molecule has 0 radical (unpaired) electrons. The number of ether oxygens (including phenoxy) is 3. The molecule has 3 N–H and O–H groups in total. The van der Waals surface area contributed by atoms with E-state index in [0.717, 1.165) is 6.07 Å². The van der Waals surface area contributed by atoms with Gasteiger partial charge in [0.25, 0.3) is 0 Å². The summed E-state index contributed by atoms with van der Waals surface area (Å²) in [5.74, 6) is -1.49. The van der Waals surface area contributed by atoms with E-state index in [1.165, 1.54) is 12.1 Å². The molecule has 0 saturated heterocycles. The first kappa shape index (κ1) is 18.7. The first-order chi connectivity index (χ1) is 13.5. The van der Waals surface area contributed by atoms with E-state index in [4.69, 9.17) is 15.7 Å². The molecular formula is C19H14N2O7. The summed E-state index contributed by atoms with van der Waals surface area (Å²) in [6, 6.07) is 8.98. The highest BCUT2D eigenvalue weighted by Gasteiger charge is 2.35. The first-order valence-corrected chi connectivity index (χ1v) is 8.08. The van der Waals surface area contributed by atoms with Crippen LogP contribution in [0, 0.1) is 11.3 Å². The lowest BCUT2D eigenvalue weighted by Crippen LogP contribution is -2.23. The Morgan fingerprint density at radius 1 is 1.07 bits per heavy atom. The third-order valence-corrected chi connectivity index (χ3v) is 3.99. The molecular weight excluding hydrogens is 368 g/mol. The molecule has 0 aliphatic heterocycles. The Hall–Kier alpha value is -4.06. The third-order valence-electron chi connectivity index (χ3n) is 3.99.